The number of hydrogen-bond acceptors (Lipinski definition) is 3. The molecule has 1 aliphatic rings. The molecule has 27 heavy (non-hydrogen) atoms. The molecule has 0 spiro atoms. The highest BCUT2D eigenvalue weighted by Crippen LogP contribution is 2.37. The summed E-state index contributed by atoms with van der Waals surface area (Å²) in [5.74, 6) is -0.241. The third-order valence-electron chi connectivity index (χ3n) is 4.54. The van der Waals surface area contributed by atoms with Gasteiger partial charge in [-0.2, -0.15) is 13.2 Å². The van der Waals surface area contributed by atoms with Crippen LogP contribution in [-0.2, 0) is 23.9 Å². The summed E-state index contributed by atoms with van der Waals surface area (Å²) in [5, 5.41) is 11.5. The van der Waals surface area contributed by atoms with E-state index in [1.165, 1.54) is 24.3 Å². The average molecular weight is 376 g/mol. The molecule has 0 aromatic heterocycles. The number of carbonyl (C=O) groups excluding carboxylic acids is 1. The Hall–Kier alpha value is -3.16. The van der Waals surface area contributed by atoms with Crippen molar-refractivity contribution >= 4 is 11.6 Å². The van der Waals surface area contributed by atoms with E-state index < -0.39 is 16.7 Å². The summed E-state index contributed by atoms with van der Waals surface area (Å²) in [5.41, 5.74) is 1.03. The molecule has 0 saturated heterocycles. The van der Waals surface area contributed by atoms with Crippen LogP contribution >= 0.6 is 0 Å². The Bertz CT molecular complexity index is 921. The standard InChI is InChI=1S/C19H15F3N2O3/c1-2-18(25)23-8-7-13-10-17(24(26)27)16(9-14(13)11-23)12-3-5-15(6-4-12)19(20,21)22/h2-6,9-10H,1,7-8,11H2. The van der Waals surface area contributed by atoms with E-state index in [4.69, 9.17) is 0 Å². The second kappa shape index (κ2) is 6.86. The molecule has 0 radical (unpaired) electrons. The van der Waals surface area contributed by atoms with Gasteiger partial charge in [-0.3, -0.25) is 14.9 Å². The van der Waals surface area contributed by atoms with Crippen molar-refractivity contribution in [3.05, 3.63) is 75.9 Å². The molecule has 8 heteroatoms. The van der Waals surface area contributed by atoms with Crippen molar-refractivity contribution in [1.82, 2.24) is 4.90 Å². The summed E-state index contributed by atoms with van der Waals surface area (Å²) in [7, 11) is 0. The van der Waals surface area contributed by atoms with E-state index in [9.17, 15) is 28.1 Å². The lowest BCUT2D eigenvalue weighted by Gasteiger charge is -2.28. The monoisotopic (exact) mass is 376 g/mol. The van der Waals surface area contributed by atoms with E-state index in [0.717, 1.165) is 23.3 Å². The lowest BCUT2D eigenvalue weighted by Crippen LogP contribution is -2.34. The highest BCUT2D eigenvalue weighted by Gasteiger charge is 2.30. The van der Waals surface area contributed by atoms with E-state index in [1.807, 2.05) is 0 Å². The maximum atomic E-state index is 12.8. The second-order valence-corrected chi connectivity index (χ2v) is 6.18. The first-order valence-electron chi connectivity index (χ1n) is 8.10. The van der Waals surface area contributed by atoms with Gasteiger partial charge in [-0.05, 0) is 47.4 Å². The van der Waals surface area contributed by atoms with Crippen molar-refractivity contribution < 1.29 is 22.9 Å². The molecule has 0 atom stereocenters. The zero-order chi connectivity index (χ0) is 19.8. The number of benzene rings is 2. The van der Waals surface area contributed by atoms with Crippen LogP contribution in [0.3, 0.4) is 0 Å². The summed E-state index contributed by atoms with van der Waals surface area (Å²) < 4.78 is 38.3. The van der Waals surface area contributed by atoms with Crippen LogP contribution in [0, 0.1) is 10.1 Å². The predicted molar refractivity (Wildman–Crippen MR) is 92.9 cm³/mol. The van der Waals surface area contributed by atoms with E-state index in [0.29, 0.717) is 18.5 Å². The molecular weight excluding hydrogens is 361 g/mol. The molecule has 5 nitrogen and oxygen atoms in total. The molecule has 2 aromatic rings. The van der Waals surface area contributed by atoms with Crippen LogP contribution < -0.4 is 0 Å². The van der Waals surface area contributed by atoms with Gasteiger partial charge >= 0.3 is 6.18 Å². The van der Waals surface area contributed by atoms with Gasteiger partial charge in [-0.25, -0.2) is 0 Å². The molecule has 0 aliphatic carbocycles. The Morgan fingerprint density at radius 3 is 2.41 bits per heavy atom. The van der Waals surface area contributed by atoms with Crippen LogP contribution in [0.15, 0.2) is 49.1 Å². The molecule has 3 rings (SSSR count). The van der Waals surface area contributed by atoms with E-state index in [1.54, 1.807) is 11.0 Å². The van der Waals surface area contributed by atoms with Crippen LogP contribution in [-0.4, -0.2) is 22.3 Å². The fourth-order valence-corrected chi connectivity index (χ4v) is 3.13. The molecular formula is C19H15F3N2O3. The van der Waals surface area contributed by atoms with Crippen LogP contribution in [0.5, 0.6) is 0 Å². The van der Waals surface area contributed by atoms with Crippen LogP contribution in [0.25, 0.3) is 11.1 Å². The van der Waals surface area contributed by atoms with Crippen molar-refractivity contribution in [2.45, 2.75) is 19.1 Å². The van der Waals surface area contributed by atoms with Crippen LogP contribution in [0.2, 0.25) is 0 Å². The van der Waals surface area contributed by atoms with Gasteiger partial charge in [0.2, 0.25) is 5.91 Å². The fourth-order valence-electron chi connectivity index (χ4n) is 3.13. The number of nitro benzene ring substituents is 1. The lowest BCUT2D eigenvalue weighted by molar-refractivity contribution is -0.384. The summed E-state index contributed by atoms with van der Waals surface area (Å²) in [6.07, 6.45) is -2.82. The zero-order valence-corrected chi connectivity index (χ0v) is 14.1. The number of alkyl halides is 3. The Morgan fingerprint density at radius 2 is 1.85 bits per heavy atom. The summed E-state index contributed by atoms with van der Waals surface area (Å²) in [6, 6.07) is 7.24. The molecule has 0 saturated carbocycles. The average Bonchev–Trinajstić information content (AvgIpc) is 2.65. The van der Waals surface area contributed by atoms with Gasteiger partial charge in [0.1, 0.15) is 0 Å². The minimum atomic E-state index is -4.48. The highest BCUT2D eigenvalue weighted by molar-refractivity contribution is 5.87. The summed E-state index contributed by atoms with van der Waals surface area (Å²) in [4.78, 5) is 24.3. The normalized spacial score (nSPS) is 13.8. The maximum Gasteiger partial charge on any atom is 0.416 e. The molecule has 0 unspecified atom stereocenters. The van der Waals surface area contributed by atoms with Gasteiger partial charge < -0.3 is 4.90 Å². The van der Waals surface area contributed by atoms with E-state index >= 15 is 0 Å². The van der Waals surface area contributed by atoms with E-state index in [-0.39, 0.29) is 23.7 Å². The smallest absolute Gasteiger partial charge is 0.335 e. The first-order chi connectivity index (χ1) is 12.7. The Balaban J connectivity index is 2.05. The predicted octanol–water partition coefficient (Wildman–Crippen LogP) is 4.35. The molecule has 0 bridgehead atoms. The summed E-state index contributed by atoms with van der Waals surface area (Å²) >= 11 is 0. The third kappa shape index (κ3) is 3.69. The SMILES string of the molecule is C=CC(=O)N1CCc2cc([N+](=O)[O-])c(-c3ccc(C(F)(F)F)cc3)cc2C1. The van der Waals surface area contributed by atoms with Gasteiger partial charge in [-0.15, -0.1) is 0 Å². The number of hydrogen-bond donors (Lipinski definition) is 0. The third-order valence-corrected chi connectivity index (χ3v) is 4.54. The number of rotatable bonds is 3. The topological polar surface area (TPSA) is 63.5 Å². The first-order valence-corrected chi connectivity index (χ1v) is 8.10. The molecule has 0 N–H and O–H groups in total. The summed E-state index contributed by atoms with van der Waals surface area (Å²) in [6.45, 7) is 4.14. The van der Waals surface area contributed by atoms with Gasteiger partial charge in [-0.1, -0.05) is 18.7 Å². The first kappa shape index (κ1) is 18.6. The molecule has 1 amide bonds. The number of amides is 1. The van der Waals surface area contributed by atoms with Crippen LogP contribution in [0.1, 0.15) is 16.7 Å². The van der Waals surface area contributed by atoms with Gasteiger partial charge in [0, 0.05) is 19.2 Å². The molecule has 2 aromatic carbocycles. The minimum Gasteiger partial charge on any atom is -0.335 e. The van der Waals surface area contributed by atoms with Crippen molar-refractivity contribution in [2.24, 2.45) is 0 Å². The molecule has 140 valence electrons. The Labute approximate surface area is 152 Å². The largest absolute Gasteiger partial charge is 0.416 e. The van der Waals surface area contributed by atoms with Gasteiger partial charge in [0.15, 0.2) is 0 Å². The molecule has 0 fully saturated rings. The van der Waals surface area contributed by atoms with E-state index in [2.05, 4.69) is 6.58 Å². The Kier molecular flexibility index (Phi) is 4.73. The number of fused-ring (bicyclic) bond motifs is 1. The minimum absolute atomic E-state index is 0.169. The quantitative estimate of drug-likeness (QED) is 0.454. The number of nitro groups is 1. The number of nitrogens with zero attached hydrogens (tertiary/aromatic N) is 2. The second-order valence-electron chi connectivity index (χ2n) is 6.18. The fraction of sp³-hybridized carbons (Fsp3) is 0.211. The van der Waals surface area contributed by atoms with Gasteiger partial charge in [0.05, 0.1) is 16.1 Å². The highest BCUT2D eigenvalue weighted by atomic mass is 19.4. The van der Waals surface area contributed by atoms with Crippen LogP contribution in [0.4, 0.5) is 18.9 Å². The molecule has 1 heterocycles. The number of carbonyl (C=O) groups is 1. The lowest BCUT2D eigenvalue weighted by atomic mass is 9.92. The Morgan fingerprint density at radius 1 is 1.19 bits per heavy atom. The van der Waals surface area contributed by atoms with Crippen molar-refractivity contribution in [3.63, 3.8) is 0 Å². The maximum absolute atomic E-state index is 12.8. The number of halogens is 3. The van der Waals surface area contributed by atoms with Gasteiger partial charge in [0.25, 0.3) is 5.69 Å². The molecule has 1 aliphatic heterocycles. The van der Waals surface area contributed by atoms with Crippen molar-refractivity contribution in [1.29, 1.82) is 0 Å². The van der Waals surface area contributed by atoms with Crippen molar-refractivity contribution in [2.75, 3.05) is 6.54 Å². The zero-order valence-electron chi connectivity index (χ0n) is 14.1. The van der Waals surface area contributed by atoms with Crippen molar-refractivity contribution in [3.8, 4) is 11.1 Å².